The Morgan fingerprint density at radius 3 is 2.03 bits per heavy atom. The second-order valence-corrected chi connectivity index (χ2v) is 13.5. The van der Waals surface area contributed by atoms with Gasteiger partial charge in [0.15, 0.2) is 9.84 Å². The van der Waals surface area contributed by atoms with E-state index in [2.05, 4.69) is 4.72 Å². The molecule has 2 fully saturated rings. The Morgan fingerprint density at radius 2 is 1.42 bits per heavy atom. The van der Waals surface area contributed by atoms with Crippen molar-refractivity contribution in [3.05, 3.63) is 90.0 Å². The van der Waals surface area contributed by atoms with Crippen LogP contribution in [0.4, 0.5) is 5.69 Å². The second kappa shape index (κ2) is 9.37. The van der Waals surface area contributed by atoms with Crippen LogP contribution in [0.3, 0.4) is 0 Å². The van der Waals surface area contributed by atoms with Crippen molar-refractivity contribution < 1.29 is 21.6 Å². The second-order valence-electron chi connectivity index (χ2n) is 9.55. The summed E-state index contributed by atoms with van der Waals surface area (Å²) >= 11 is 0. The van der Waals surface area contributed by atoms with E-state index < -0.39 is 25.1 Å². The van der Waals surface area contributed by atoms with Crippen LogP contribution < -0.4 is 4.72 Å². The topological polar surface area (TPSA) is 101 Å². The lowest BCUT2D eigenvalue weighted by Crippen LogP contribution is -2.49. The van der Waals surface area contributed by atoms with Crippen LogP contribution in [0.2, 0.25) is 0 Å². The van der Waals surface area contributed by atoms with Gasteiger partial charge in [0.2, 0.25) is 0 Å². The van der Waals surface area contributed by atoms with Crippen LogP contribution in [-0.4, -0.2) is 45.0 Å². The first-order valence-electron chi connectivity index (χ1n) is 12.0. The number of nitrogens with zero attached hydrogens (tertiary/aromatic N) is 1. The summed E-state index contributed by atoms with van der Waals surface area (Å²) in [7, 11) is -7.20. The fourth-order valence-corrected chi connectivity index (χ4v) is 8.38. The number of nitrogens with one attached hydrogen (secondary N) is 1. The maximum Gasteiger partial charge on any atom is 0.261 e. The van der Waals surface area contributed by atoms with E-state index in [1.807, 2.05) is 17.9 Å². The van der Waals surface area contributed by atoms with Crippen molar-refractivity contribution in [3.8, 4) is 0 Å². The van der Waals surface area contributed by atoms with Gasteiger partial charge < -0.3 is 4.90 Å². The fraction of sp³-hybridized carbons (Fsp3) is 0.296. The molecule has 2 bridgehead atoms. The first kappa shape index (κ1) is 24.5. The summed E-state index contributed by atoms with van der Waals surface area (Å²) in [5.74, 6) is -0.147. The Bertz CT molecular complexity index is 1470. The molecular weight excluding hydrogens is 496 g/mol. The molecule has 0 aliphatic carbocycles. The van der Waals surface area contributed by atoms with E-state index in [4.69, 9.17) is 0 Å². The van der Waals surface area contributed by atoms with E-state index in [-0.39, 0.29) is 22.9 Å². The van der Waals surface area contributed by atoms with E-state index in [1.54, 1.807) is 66.7 Å². The first-order chi connectivity index (χ1) is 17.1. The highest BCUT2D eigenvalue weighted by Crippen LogP contribution is 2.40. The average Bonchev–Trinajstić information content (AvgIpc) is 3.13. The molecule has 2 aliphatic heterocycles. The molecule has 0 radical (unpaired) electrons. The van der Waals surface area contributed by atoms with Crippen LogP contribution in [0.1, 0.15) is 41.6 Å². The van der Waals surface area contributed by atoms with Crippen LogP contribution >= 0.6 is 0 Å². The number of anilines is 1. The number of sulfonamides is 1. The van der Waals surface area contributed by atoms with Gasteiger partial charge in [-0.15, -0.1) is 0 Å². The fourth-order valence-electron chi connectivity index (χ4n) is 5.34. The quantitative estimate of drug-likeness (QED) is 0.515. The molecule has 188 valence electrons. The summed E-state index contributed by atoms with van der Waals surface area (Å²) in [5.41, 5.74) is 1.66. The maximum atomic E-state index is 13.4. The van der Waals surface area contributed by atoms with Crippen LogP contribution in [-0.2, 0) is 19.9 Å². The molecule has 2 unspecified atom stereocenters. The number of fused-ring (bicyclic) bond motifs is 2. The van der Waals surface area contributed by atoms with Gasteiger partial charge in [-0.1, -0.05) is 30.3 Å². The van der Waals surface area contributed by atoms with Gasteiger partial charge in [0.05, 0.1) is 15.0 Å². The minimum absolute atomic E-state index is 0.126. The molecule has 1 N–H and O–H groups in total. The number of benzene rings is 3. The van der Waals surface area contributed by atoms with Crippen LogP contribution in [0.5, 0.6) is 0 Å². The van der Waals surface area contributed by atoms with Crippen molar-refractivity contribution in [2.24, 2.45) is 0 Å². The summed E-state index contributed by atoms with van der Waals surface area (Å²) in [5, 5.41) is -0.500. The smallest absolute Gasteiger partial charge is 0.261 e. The predicted molar refractivity (Wildman–Crippen MR) is 138 cm³/mol. The number of carbonyl (C=O) groups excluding carboxylic acids is 1. The zero-order valence-electron chi connectivity index (χ0n) is 19.9. The highest BCUT2D eigenvalue weighted by molar-refractivity contribution is 7.92. The standard InChI is InChI=1S/C27H28N2O5S2/c1-19-6-5-9-25(16-19)36(33,34)28-21-12-10-20(11-13-21)27(30)29-22-14-15-23(29)18-26(17-22)35(31,32)24-7-3-2-4-8-24/h2-13,16,22-23,26,28H,14-15,17-18H2,1H3. The molecule has 9 heteroatoms. The van der Waals surface area contributed by atoms with Crippen molar-refractivity contribution in [2.75, 3.05) is 4.72 Å². The molecule has 0 aromatic heterocycles. The molecular formula is C27H28N2O5S2. The van der Waals surface area contributed by atoms with Gasteiger partial charge >= 0.3 is 0 Å². The molecule has 2 heterocycles. The van der Waals surface area contributed by atoms with Gasteiger partial charge in [0.25, 0.3) is 15.9 Å². The third kappa shape index (κ3) is 4.65. The number of hydrogen-bond donors (Lipinski definition) is 1. The van der Waals surface area contributed by atoms with Gasteiger partial charge in [-0.2, -0.15) is 0 Å². The molecule has 3 aromatic rings. The lowest BCUT2D eigenvalue weighted by atomic mass is 10.0. The highest BCUT2D eigenvalue weighted by atomic mass is 32.2. The van der Waals surface area contributed by atoms with Crippen molar-refractivity contribution in [1.29, 1.82) is 0 Å². The Balaban J connectivity index is 1.29. The molecule has 2 atom stereocenters. The van der Waals surface area contributed by atoms with E-state index in [1.165, 1.54) is 6.07 Å². The van der Waals surface area contributed by atoms with Crippen molar-refractivity contribution in [2.45, 2.75) is 59.7 Å². The van der Waals surface area contributed by atoms with Gasteiger partial charge in [0, 0.05) is 23.3 Å². The molecule has 36 heavy (non-hydrogen) atoms. The van der Waals surface area contributed by atoms with Crippen LogP contribution in [0.15, 0.2) is 88.7 Å². The Kier molecular flexibility index (Phi) is 6.38. The summed E-state index contributed by atoms with van der Waals surface area (Å²) in [6.07, 6.45) is 2.42. The van der Waals surface area contributed by atoms with Crippen LogP contribution in [0, 0.1) is 6.92 Å². The average molecular weight is 525 g/mol. The summed E-state index contributed by atoms with van der Waals surface area (Å²) in [6.45, 7) is 1.83. The molecule has 0 spiro atoms. The number of sulfone groups is 1. The largest absolute Gasteiger partial charge is 0.333 e. The van der Waals surface area contributed by atoms with Gasteiger partial charge in [-0.3, -0.25) is 9.52 Å². The SMILES string of the molecule is Cc1cccc(S(=O)(=O)Nc2ccc(C(=O)N3C4CCC3CC(S(=O)(=O)c3ccccc3)C4)cc2)c1. The van der Waals surface area contributed by atoms with Crippen molar-refractivity contribution in [3.63, 3.8) is 0 Å². The molecule has 5 rings (SSSR count). The summed E-state index contributed by atoms with van der Waals surface area (Å²) < 4.78 is 54.3. The monoisotopic (exact) mass is 524 g/mol. The zero-order chi connectivity index (χ0) is 25.5. The van der Waals surface area contributed by atoms with Crippen LogP contribution in [0.25, 0.3) is 0 Å². The molecule has 3 aromatic carbocycles. The minimum Gasteiger partial charge on any atom is -0.333 e. The third-order valence-electron chi connectivity index (χ3n) is 7.12. The number of piperidine rings is 1. The highest BCUT2D eigenvalue weighted by Gasteiger charge is 2.47. The molecule has 0 saturated carbocycles. The Labute approximate surface area is 212 Å². The third-order valence-corrected chi connectivity index (χ3v) is 10.7. The molecule has 1 amide bonds. The number of aryl methyl sites for hydroxylation is 1. The lowest BCUT2D eigenvalue weighted by Gasteiger charge is -2.38. The number of amides is 1. The Morgan fingerprint density at radius 1 is 0.806 bits per heavy atom. The van der Waals surface area contributed by atoms with Gasteiger partial charge in [0.1, 0.15) is 0 Å². The minimum atomic E-state index is -3.74. The molecule has 2 aliphatic rings. The summed E-state index contributed by atoms with van der Waals surface area (Å²) in [4.78, 5) is 15.7. The normalized spacial score (nSPS) is 21.8. The molecule has 7 nitrogen and oxygen atoms in total. The predicted octanol–water partition coefficient (Wildman–Crippen LogP) is 4.41. The van der Waals surface area contributed by atoms with E-state index >= 15 is 0 Å². The Hall–Kier alpha value is -3.17. The maximum absolute atomic E-state index is 13.4. The summed E-state index contributed by atoms with van der Waals surface area (Å²) in [6, 6.07) is 21.3. The number of hydrogen-bond acceptors (Lipinski definition) is 5. The van der Waals surface area contributed by atoms with E-state index in [0.717, 1.165) is 18.4 Å². The number of carbonyl (C=O) groups is 1. The number of rotatable bonds is 6. The van der Waals surface area contributed by atoms with E-state index in [9.17, 15) is 21.6 Å². The van der Waals surface area contributed by atoms with E-state index in [0.29, 0.717) is 29.0 Å². The lowest BCUT2D eigenvalue weighted by molar-refractivity contribution is 0.0598. The first-order valence-corrected chi connectivity index (χ1v) is 15.0. The van der Waals surface area contributed by atoms with Gasteiger partial charge in [-0.25, -0.2) is 16.8 Å². The van der Waals surface area contributed by atoms with Gasteiger partial charge in [-0.05, 0) is 86.7 Å². The molecule has 2 saturated heterocycles. The van der Waals surface area contributed by atoms with Crippen molar-refractivity contribution in [1.82, 2.24) is 4.90 Å². The zero-order valence-corrected chi connectivity index (χ0v) is 21.5. The van der Waals surface area contributed by atoms with Crippen molar-refractivity contribution >= 4 is 31.5 Å².